The quantitative estimate of drug-likeness (QED) is 0.704. The monoisotopic (exact) mass is 402 g/mol. The third kappa shape index (κ3) is 5.05. The Kier molecular flexibility index (Phi) is 7.06. The Morgan fingerprint density at radius 3 is 2.60 bits per heavy atom. The second-order valence-corrected chi connectivity index (χ2v) is 8.99. The number of hydrogen-bond acceptors (Lipinski definition) is 3. The van der Waals surface area contributed by atoms with Gasteiger partial charge in [-0.05, 0) is 30.5 Å². The zero-order valence-corrected chi connectivity index (χ0v) is 17.3. The molecule has 2 rings (SSSR count). The minimum absolute atomic E-state index is 0.0887. The van der Waals surface area contributed by atoms with Crippen molar-refractivity contribution in [2.45, 2.75) is 37.8 Å². The Bertz CT molecular complexity index is 654. The van der Waals surface area contributed by atoms with Gasteiger partial charge in [-0.25, -0.2) is 0 Å². The summed E-state index contributed by atoms with van der Waals surface area (Å²) in [4.78, 5) is 28.2. The van der Waals surface area contributed by atoms with Gasteiger partial charge < -0.3 is 9.80 Å². The Balaban J connectivity index is 2.09. The first-order chi connectivity index (χ1) is 11.7. The number of rotatable bonds is 6. The van der Waals surface area contributed by atoms with Crippen LogP contribution in [-0.4, -0.2) is 47.0 Å². The molecule has 2 amide bonds. The molecule has 2 atom stereocenters. The summed E-state index contributed by atoms with van der Waals surface area (Å²) in [6, 6.07) is 5.47. The lowest BCUT2D eigenvalue weighted by Gasteiger charge is -2.27. The average Bonchev–Trinajstić information content (AvgIpc) is 2.82. The number of thioether (sulfide) groups is 1. The summed E-state index contributed by atoms with van der Waals surface area (Å²) in [5, 5.41) is 0.760. The predicted octanol–water partition coefficient (Wildman–Crippen LogP) is 4.46. The maximum Gasteiger partial charge on any atom is 0.236 e. The molecule has 0 spiro atoms. The first kappa shape index (κ1) is 20.4. The summed E-state index contributed by atoms with van der Waals surface area (Å²) in [6.07, 6.45) is 0.520. The standard InChI is InChI=1S/C18H24Cl2N2O2S/c1-11(2)9-16(23)21(4)7-8-22-17(24)12(3)25-18(22)13-5-6-14(19)15(20)10-13/h5-6,10-12,18H,7-9H2,1-4H3/t12-,18+/m0/s1. The van der Waals surface area contributed by atoms with Crippen molar-refractivity contribution < 1.29 is 9.59 Å². The van der Waals surface area contributed by atoms with Crippen molar-refractivity contribution in [3.8, 4) is 0 Å². The van der Waals surface area contributed by atoms with E-state index >= 15 is 0 Å². The van der Waals surface area contributed by atoms with E-state index in [1.54, 1.807) is 29.8 Å². The fourth-order valence-electron chi connectivity index (χ4n) is 2.71. The molecule has 4 nitrogen and oxygen atoms in total. The summed E-state index contributed by atoms with van der Waals surface area (Å²) >= 11 is 13.7. The van der Waals surface area contributed by atoms with Gasteiger partial charge in [0.25, 0.3) is 0 Å². The van der Waals surface area contributed by atoms with E-state index in [9.17, 15) is 9.59 Å². The van der Waals surface area contributed by atoms with Crippen LogP contribution < -0.4 is 0 Å². The molecular formula is C18H24Cl2N2O2S. The van der Waals surface area contributed by atoms with Gasteiger partial charge in [-0.2, -0.15) is 0 Å². The van der Waals surface area contributed by atoms with Gasteiger partial charge in [0.2, 0.25) is 11.8 Å². The molecule has 1 aliphatic rings. The number of halogens is 2. The lowest BCUT2D eigenvalue weighted by atomic mass is 10.1. The van der Waals surface area contributed by atoms with Gasteiger partial charge in [-0.1, -0.05) is 43.1 Å². The van der Waals surface area contributed by atoms with Gasteiger partial charge in [-0.3, -0.25) is 9.59 Å². The Hall–Kier alpha value is -0.910. The van der Waals surface area contributed by atoms with Gasteiger partial charge in [0.05, 0.1) is 15.3 Å². The third-order valence-electron chi connectivity index (χ3n) is 4.16. The molecule has 0 aromatic heterocycles. The topological polar surface area (TPSA) is 40.6 Å². The van der Waals surface area contributed by atoms with E-state index in [2.05, 4.69) is 0 Å². The van der Waals surface area contributed by atoms with Crippen molar-refractivity contribution in [2.75, 3.05) is 20.1 Å². The molecule has 0 saturated carbocycles. The van der Waals surface area contributed by atoms with Crippen LogP contribution in [0.1, 0.15) is 38.1 Å². The lowest BCUT2D eigenvalue weighted by Crippen LogP contribution is -2.39. The van der Waals surface area contributed by atoms with Crippen LogP contribution in [0.2, 0.25) is 10.0 Å². The van der Waals surface area contributed by atoms with E-state index in [4.69, 9.17) is 23.2 Å². The summed E-state index contributed by atoms with van der Waals surface area (Å²) in [5.74, 6) is 0.516. The largest absolute Gasteiger partial charge is 0.344 e. The van der Waals surface area contributed by atoms with Gasteiger partial charge in [0.1, 0.15) is 5.37 Å². The van der Waals surface area contributed by atoms with Crippen molar-refractivity contribution >= 4 is 46.8 Å². The molecular weight excluding hydrogens is 379 g/mol. The fraction of sp³-hybridized carbons (Fsp3) is 0.556. The Morgan fingerprint density at radius 1 is 1.32 bits per heavy atom. The number of hydrogen-bond donors (Lipinski definition) is 0. The highest BCUT2D eigenvalue weighted by Gasteiger charge is 2.38. The predicted molar refractivity (Wildman–Crippen MR) is 105 cm³/mol. The lowest BCUT2D eigenvalue weighted by molar-refractivity contribution is -0.134. The molecule has 1 aromatic carbocycles. The smallest absolute Gasteiger partial charge is 0.236 e. The van der Waals surface area contributed by atoms with Crippen molar-refractivity contribution in [3.05, 3.63) is 33.8 Å². The van der Waals surface area contributed by atoms with Crippen LogP contribution in [0.15, 0.2) is 18.2 Å². The van der Waals surface area contributed by atoms with E-state index in [1.165, 1.54) is 0 Å². The molecule has 1 aromatic rings. The molecule has 1 heterocycles. The molecule has 0 N–H and O–H groups in total. The highest BCUT2D eigenvalue weighted by molar-refractivity contribution is 8.01. The van der Waals surface area contributed by atoms with Gasteiger partial charge in [-0.15, -0.1) is 11.8 Å². The maximum absolute atomic E-state index is 12.5. The normalized spacial score (nSPS) is 20.4. The number of carbonyl (C=O) groups is 2. The van der Waals surface area contributed by atoms with Crippen molar-refractivity contribution in [1.82, 2.24) is 9.80 Å². The van der Waals surface area contributed by atoms with Gasteiger partial charge >= 0.3 is 0 Å². The fourth-order valence-corrected chi connectivity index (χ4v) is 4.32. The number of amides is 2. The zero-order chi connectivity index (χ0) is 18.7. The number of nitrogens with zero attached hydrogens (tertiary/aromatic N) is 2. The van der Waals surface area contributed by atoms with Gasteiger partial charge in [0.15, 0.2) is 0 Å². The minimum atomic E-state index is -0.115. The summed E-state index contributed by atoms with van der Waals surface area (Å²) in [6.45, 7) is 6.97. The van der Waals surface area contributed by atoms with E-state index in [-0.39, 0.29) is 22.4 Å². The van der Waals surface area contributed by atoms with Crippen LogP contribution in [0, 0.1) is 5.92 Å². The minimum Gasteiger partial charge on any atom is -0.344 e. The van der Waals surface area contributed by atoms with Crippen LogP contribution in [0.3, 0.4) is 0 Å². The van der Waals surface area contributed by atoms with Crippen LogP contribution in [0.25, 0.3) is 0 Å². The SMILES string of the molecule is CC(C)CC(=O)N(C)CCN1C(=O)[C@H](C)S[C@@H]1c1ccc(Cl)c(Cl)c1. The molecule has 0 bridgehead atoms. The summed E-state index contributed by atoms with van der Waals surface area (Å²) in [7, 11) is 1.79. The number of likely N-dealkylation sites (N-methyl/N-ethyl adjacent to an activating group) is 1. The average molecular weight is 403 g/mol. The Morgan fingerprint density at radius 2 is 2.00 bits per heavy atom. The van der Waals surface area contributed by atoms with Crippen molar-refractivity contribution in [1.29, 1.82) is 0 Å². The zero-order valence-electron chi connectivity index (χ0n) is 15.0. The summed E-state index contributed by atoms with van der Waals surface area (Å²) < 4.78 is 0. The molecule has 0 unspecified atom stereocenters. The van der Waals surface area contributed by atoms with Crippen LogP contribution in [0.4, 0.5) is 0 Å². The molecule has 25 heavy (non-hydrogen) atoms. The van der Waals surface area contributed by atoms with Gasteiger partial charge in [0, 0.05) is 26.6 Å². The molecule has 138 valence electrons. The molecule has 0 aliphatic carbocycles. The van der Waals surface area contributed by atoms with Crippen LogP contribution >= 0.6 is 35.0 Å². The summed E-state index contributed by atoms with van der Waals surface area (Å²) in [5.41, 5.74) is 0.952. The molecule has 1 saturated heterocycles. The van der Waals surface area contributed by atoms with Crippen molar-refractivity contribution in [2.24, 2.45) is 5.92 Å². The third-order valence-corrected chi connectivity index (χ3v) is 6.29. The van der Waals surface area contributed by atoms with Crippen LogP contribution in [0.5, 0.6) is 0 Å². The van der Waals surface area contributed by atoms with Crippen LogP contribution in [-0.2, 0) is 9.59 Å². The Labute approximate surface area is 163 Å². The first-order valence-corrected chi connectivity index (χ1v) is 10.1. The van der Waals surface area contributed by atoms with E-state index in [0.717, 1.165) is 5.56 Å². The van der Waals surface area contributed by atoms with E-state index in [0.29, 0.717) is 35.5 Å². The van der Waals surface area contributed by atoms with E-state index in [1.807, 2.05) is 37.8 Å². The number of carbonyl (C=O) groups excluding carboxylic acids is 2. The molecule has 0 radical (unpaired) electrons. The maximum atomic E-state index is 12.5. The van der Waals surface area contributed by atoms with E-state index < -0.39 is 0 Å². The highest BCUT2D eigenvalue weighted by atomic mass is 35.5. The highest BCUT2D eigenvalue weighted by Crippen LogP contribution is 2.43. The molecule has 1 aliphatic heterocycles. The first-order valence-electron chi connectivity index (χ1n) is 8.35. The second kappa shape index (κ2) is 8.65. The molecule has 7 heteroatoms. The number of benzene rings is 1. The second-order valence-electron chi connectivity index (χ2n) is 6.75. The van der Waals surface area contributed by atoms with Crippen molar-refractivity contribution in [3.63, 3.8) is 0 Å². The molecule has 1 fully saturated rings.